The van der Waals surface area contributed by atoms with Gasteiger partial charge in [-0.15, -0.1) is 0 Å². The molecule has 3 aromatic rings. The first-order valence-corrected chi connectivity index (χ1v) is 6.77. The first-order chi connectivity index (χ1) is 10.7. The van der Waals surface area contributed by atoms with Gasteiger partial charge in [0.2, 0.25) is 5.91 Å². The van der Waals surface area contributed by atoms with Crippen molar-refractivity contribution in [2.24, 2.45) is 0 Å². The first kappa shape index (κ1) is 13.9. The summed E-state index contributed by atoms with van der Waals surface area (Å²) >= 11 is 0. The van der Waals surface area contributed by atoms with Gasteiger partial charge in [-0.3, -0.25) is 4.79 Å². The van der Waals surface area contributed by atoms with Gasteiger partial charge < -0.3 is 14.8 Å². The molecule has 0 aliphatic carbocycles. The molecule has 1 aromatic heterocycles. The molecule has 0 aliphatic rings. The molecular weight excluding hydrogens is 280 g/mol. The van der Waals surface area contributed by atoms with Crippen molar-refractivity contribution in [3.8, 4) is 17.1 Å². The predicted molar refractivity (Wildman–Crippen MR) is 82.4 cm³/mol. The van der Waals surface area contributed by atoms with E-state index in [4.69, 9.17) is 4.42 Å². The van der Waals surface area contributed by atoms with Crippen molar-refractivity contribution in [1.29, 1.82) is 0 Å². The molecule has 0 unspecified atom stereocenters. The van der Waals surface area contributed by atoms with Gasteiger partial charge in [0.1, 0.15) is 5.75 Å². The Labute approximate surface area is 127 Å². The largest absolute Gasteiger partial charge is 0.508 e. The highest BCUT2D eigenvalue weighted by atomic mass is 16.3. The summed E-state index contributed by atoms with van der Waals surface area (Å²) in [4.78, 5) is 15.9. The molecule has 0 bridgehead atoms. The second-order valence-corrected chi connectivity index (χ2v) is 4.84. The van der Waals surface area contributed by atoms with Crippen molar-refractivity contribution in [2.45, 2.75) is 6.42 Å². The van der Waals surface area contributed by atoms with Gasteiger partial charge in [-0.1, -0.05) is 12.1 Å². The lowest BCUT2D eigenvalue weighted by atomic mass is 10.1. The third-order valence-electron chi connectivity index (χ3n) is 3.16. The zero-order chi connectivity index (χ0) is 15.4. The maximum Gasteiger partial charge on any atom is 0.228 e. The number of oxazole rings is 1. The van der Waals surface area contributed by atoms with Gasteiger partial charge >= 0.3 is 0 Å². The summed E-state index contributed by atoms with van der Waals surface area (Å²) in [5.74, 6) is 0.692. The van der Waals surface area contributed by atoms with Crippen LogP contribution < -0.4 is 5.32 Å². The van der Waals surface area contributed by atoms with Gasteiger partial charge in [-0.25, -0.2) is 4.98 Å². The average molecular weight is 294 g/mol. The number of phenolic OH excluding ortho intramolecular Hbond substituents is 1. The number of phenols is 1. The number of nitrogens with one attached hydrogen (secondary N) is 1. The van der Waals surface area contributed by atoms with E-state index in [0.29, 0.717) is 11.4 Å². The van der Waals surface area contributed by atoms with E-state index in [1.165, 1.54) is 6.39 Å². The number of nitrogens with zero attached hydrogens (tertiary/aromatic N) is 1. The molecule has 2 N–H and O–H groups in total. The van der Waals surface area contributed by atoms with Crippen LogP contribution in [0.3, 0.4) is 0 Å². The third kappa shape index (κ3) is 3.32. The monoisotopic (exact) mass is 294 g/mol. The molecule has 0 saturated carbocycles. The maximum absolute atomic E-state index is 12.0. The van der Waals surface area contributed by atoms with Crippen LogP contribution in [0.15, 0.2) is 65.5 Å². The van der Waals surface area contributed by atoms with Crippen LogP contribution >= 0.6 is 0 Å². The van der Waals surface area contributed by atoms with Crippen LogP contribution in [0.2, 0.25) is 0 Å². The number of carbonyl (C=O) groups excluding carboxylic acids is 1. The van der Waals surface area contributed by atoms with Crippen molar-refractivity contribution in [2.75, 3.05) is 5.32 Å². The number of carbonyl (C=O) groups is 1. The van der Waals surface area contributed by atoms with Crippen molar-refractivity contribution in [3.05, 3.63) is 66.7 Å². The summed E-state index contributed by atoms with van der Waals surface area (Å²) in [7, 11) is 0. The van der Waals surface area contributed by atoms with Gasteiger partial charge in [0.25, 0.3) is 0 Å². The molecule has 1 heterocycles. The van der Waals surface area contributed by atoms with Crippen LogP contribution in [0.5, 0.6) is 5.75 Å². The summed E-state index contributed by atoms with van der Waals surface area (Å²) in [6.45, 7) is 0. The molecule has 0 aliphatic heterocycles. The van der Waals surface area contributed by atoms with Crippen LogP contribution in [0, 0.1) is 0 Å². The van der Waals surface area contributed by atoms with Gasteiger partial charge in [0.05, 0.1) is 12.6 Å². The van der Waals surface area contributed by atoms with Gasteiger partial charge in [-0.2, -0.15) is 0 Å². The lowest BCUT2D eigenvalue weighted by Crippen LogP contribution is -2.14. The Morgan fingerprint density at radius 1 is 1.18 bits per heavy atom. The number of hydrogen-bond donors (Lipinski definition) is 2. The second-order valence-electron chi connectivity index (χ2n) is 4.84. The Balaban J connectivity index is 1.64. The highest BCUT2D eigenvalue weighted by Gasteiger charge is 2.06. The Bertz CT molecular complexity index is 765. The summed E-state index contributed by atoms with van der Waals surface area (Å²) < 4.78 is 5.21. The van der Waals surface area contributed by atoms with Gasteiger partial charge in [0, 0.05) is 11.3 Å². The van der Waals surface area contributed by atoms with Crippen LogP contribution in [0.1, 0.15) is 5.56 Å². The van der Waals surface area contributed by atoms with E-state index in [1.54, 1.807) is 42.6 Å². The molecule has 1 amide bonds. The van der Waals surface area contributed by atoms with Gasteiger partial charge in [0.15, 0.2) is 12.2 Å². The maximum atomic E-state index is 12.0. The molecular formula is C17H14N2O3. The fourth-order valence-corrected chi connectivity index (χ4v) is 2.13. The van der Waals surface area contributed by atoms with E-state index in [2.05, 4.69) is 10.3 Å². The lowest BCUT2D eigenvalue weighted by molar-refractivity contribution is -0.115. The Kier molecular flexibility index (Phi) is 3.87. The SMILES string of the molecule is O=C(Cc1cccc(O)c1)Nc1ccc(-c2cnco2)cc1. The molecule has 0 radical (unpaired) electrons. The molecule has 5 nitrogen and oxygen atoms in total. The molecule has 22 heavy (non-hydrogen) atoms. The summed E-state index contributed by atoms with van der Waals surface area (Å²) in [5, 5.41) is 12.2. The van der Waals surface area contributed by atoms with Crippen LogP contribution in [-0.4, -0.2) is 16.0 Å². The van der Waals surface area contributed by atoms with E-state index in [9.17, 15) is 9.90 Å². The third-order valence-corrected chi connectivity index (χ3v) is 3.16. The number of rotatable bonds is 4. The number of hydrogen-bond acceptors (Lipinski definition) is 4. The minimum absolute atomic E-state index is 0.141. The molecule has 0 spiro atoms. The highest BCUT2D eigenvalue weighted by Crippen LogP contribution is 2.21. The average Bonchev–Trinajstić information content (AvgIpc) is 3.02. The fraction of sp³-hybridized carbons (Fsp3) is 0.0588. The fourth-order valence-electron chi connectivity index (χ4n) is 2.13. The lowest BCUT2D eigenvalue weighted by Gasteiger charge is -2.06. The van der Waals surface area contributed by atoms with Crippen LogP contribution in [0.25, 0.3) is 11.3 Å². The van der Waals surface area contributed by atoms with E-state index in [-0.39, 0.29) is 18.1 Å². The number of benzene rings is 2. The number of amides is 1. The smallest absolute Gasteiger partial charge is 0.228 e. The van der Waals surface area contributed by atoms with Crippen LogP contribution in [0.4, 0.5) is 5.69 Å². The summed E-state index contributed by atoms with van der Waals surface area (Å²) in [6, 6.07) is 14.0. The standard InChI is InChI=1S/C17H14N2O3/c20-15-3-1-2-12(8-15)9-17(21)19-14-6-4-13(5-7-14)16-10-18-11-22-16/h1-8,10-11,20H,9H2,(H,19,21). The molecule has 3 rings (SSSR count). The zero-order valence-corrected chi connectivity index (χ0v) is 11.7. The van der Waals surface area contributed by atoms with Gasteiger partial charge in [-0.05, 0) is 42.0 Å². The van der Waals surface area contributed by atoms with Crippen molar-refractivity contribution < 1.29 is 14.3 Å². The van der Waals surface area contributed by atoms with Crippen LogP contribution in [-0.2, 0) is 11.2 Å². The van der Waals surface area contributed by atoms with E-state index in [0.717, 1.165) is 11.1 Å². The zero-order valence-electron chi connectivity index (χ0n) is 11.7. The van der Waals surface area contributed by atoms with E-state index >= 15 is 0 Å². The molecule has 0 atom stereocenters. The minimum atomic E-state index is -0.141. The topological polar surface area (TPSA) is 75.4 Å². The van der Waals surface area contributed by atoms with Crippen molar-refractivity contribution in [1.82, 2.24) is 4.98 Å². The molecule has 2 aromatic carbocycles. The van der Waals surface area contributed by atoms with Crippen molar-refractivity contribution >= 4 is 11.6 Å². The summed E-state index contributed by atoms with van der Waals surface area (Å²) in [5.41, 5.74) is 2.35. The number of anilines is 1. The molecule has 110 valence electrons. The number of aromatic hydroxyl groups is 1. The number of aromatic nitrogens is 1. The Morgan fingerprint density at radius 2 is 2.00 bits per heavy atom. The predicted octanol–water partition coefficient (Wildman–Crippen LogP) is 3.23. The molecule has 5 heteroatoms. The molecule has 0 fully saturated rings. The molecule has 0 saturated heterocycles. The van der Waals surface area contributed by atoms with E-state index in [1.807, 2.05) is 12.1 Å². The first-order valence-electron chi connectivity index (χ1n) is 6.77. The summed E-state index contributed by atoms with van der Waals surface area (Å²) in [6.07, 6.45) is 3.22. The normalized spacial score (nSPS) is 10.4. The minimum Gasteiger partial charge on any atom is -0.508 e. The Morgan fingerprint density at radius 3 is 2.68 bits per heavy atom. The quantitative estimate of drug-likeness (QED) is 0.774. The highest BCUT2D eigenvalue weighted by molar-refractivity contribution is 5.92. The Hall–Kier alpha value is -3.08. The van der Waals surface area contributed by atoms with Crippen molar-refractivity contribution in [3.63, 3.8) is 0 Å². The van der Waals surface area contributed by atoms with E-state index < -0.39 is 0 Å². The second kappa shape index (κ2) is 6.13.